The molecule has 5 rings (SSSR count). The number of nitrogens with zero attached hydrogens (tertiary/aromatic N) is 4. The van der Waals surface area contributed by atoms with E-state index in [2.05, 4.69) is 44.7 Å². The first kappa shape index (κ1) is 25.5. The summed E-state index contributed by atoms with van der Waals surface area (Å²) in [7, 11) is 0. The number of piperidine rings is 1. The molecule has 0 aliphatic carbocycles. The number of hydrogen-bond donors (Lipinski definition) is 0. The smallest absolute Gasteiger partial charge is 0.335 e. The van der Waals surface area contributed by atoms with E-state index < -0.39 is 5.54 Å². The van der Waals surface area contributed by atoms with Crippen LogP contribution in [0.1, 0.15) is 71.5 Å². The van der Waals surface area contributed by atoms with Gasteiger partial charge in [0.25, 0.3) is 0 Å². The van der Waals surface area contributed by atoms with Crippen molar-refractivity contribution in [3.8, 4) is 5.75 Å². The van der Waals surface area contributed by atoms with E-state index >= 15 is 0 Å². The van der Waals surface area contributed by atoms with Gasteiger partial charge in [-0.1, -0.05) is 39.0 Å². The second-order valence-corrected chi connectivity index (χ2v) is 11.8. The van der Waals surface area contributed by atoms with E-state index in [0.717, 1.165) is 30.4 Å². The molecule has 1 amide bonds. The fourth-order valence-electron chi connectivity index (χ4n) is 5.71. The van der Waals surface area contributed by atoms with E-state index in [1.54, 1.807) is 15.5 Å². The van der Waals surface area contributed by atoms with E-state index in [-0.39, 0.29) is 29.4 Å². The quantitative estimate of drug-likeness (QED) is 0.399. The van der Waals surface area contributed by atoms with Gasteiger partial charge < -0.3 is 4.74 Å². The Labute approximate surface area is 219 Å². The van der Waals surface area contributed by atoms with Gasteiger partial charge in [-0.15, -0.1) is 0 Å². The molecule has 0 bridgehead atoms. The van der Waals surface area contributed by atoms with Crippen LogP contribution in [0.5, 0.6) is 5.75 Å². The Kier molecular flexibility index (Phi) is 6.39. The fourth-order valence-corrected chi connectivity index (χ4v) is 5.71. The number of hydrogen-bond acceptors (Lipinski definition) is 4. The molecule has 7 heteroatoms. The molecular formula is C30H37FN4O2. The minimum absolute atomic E-state index is 0.124. The highest BCUT2D eigenvalue weighted by Gasteiger charge is 2.55. The first-order valence-electron chi connectivity index (χ1n) is 13.2. The summed E-state index contributed by atoms with van der Waals surface area (Å²) < 4.78 is 21.9. The Balaban J connectivity index is 1.48. The Bertz CT molecular complexity index is 1310. The van der Waals surface area contributed by atoms with E-state index in [4.69, 9.17) is 9.72 Å². The third kappa shape index (κ3) is 4.65. The summed E-state index contributed by atoms with van der Waals surface area (Å²) in [5.74, 6) is 1.30. The maximum absolute atomic E-state index is 14.3. The summed E-state index contributed by atoms with van der Waals surface area (Å²) in [5.41, 5.74) is 1.85. The van der Waals surface area contributed by atoms with Gasteiger partial charge in [0.05, 0.1) is 11.8 Å². The third-order valence-electron chi connectivity index (χ3n) is 7.51. The molecule has 2 unspecified atom stereocenters. The first-order valence-corrected chi connectivity index (χ1v) is 13.2. The van der Waals surface area contributed by atoms with E-state index in [1.807, 2.05) is 38.2 Å². The number of amides is 1. The highest BCUT2D eigenvalue weighted by Crippen LogP contribution is 2.48. The molecule has 1 saturated heterocycles. The monoisotopic (exact) mass is 504 g/mol. The van der Waals surface area contributed by atoms with Gasteiger partial charge in [0.2, 0.25) is 0 Å². The highest BCUT2D eigenvalue weighted by atomic mass is 19.1. The van der Waals surface area contributed by atoms with Crippen LogP contribution in [0.15, 0.2) is 54.7 Å². The number of benzene rings is 2. The number of halogens is 1. The zero-order valence-electron chi connectivity index (χ0n) is 22.7. The lowest BCUT2D eigenvalue weighted by molar-refractivity contribution is 0.0966. The van der Waals surface area contributed by atoms with Crippen LogP contribution >= 0.6 is 0 Å². The van der Waals surface area contributed by atoms with Gasteiger partial charge >= 0.3 is 6.03 Å². The number of aromatic nitrogens is 2. The summed E-state index contributed by atoms with van der Waals surface area (Å²) >= 11 is 0. The van der Waals surface area contributed by atoms with Gasteiger partial charge in [-0.25, -0.2) is 14.2 Å². The fraction of sp³-hybridized carbons (Fsp3) is 0.467. The van der Waals surface area contributed by atoms with Crippen LogP contribution in [0, 0.1) is 5.82 Å². The van der Waals surface area contributed by atoms with Crippen LogP contribution in [0.2, 0.25) is 0 Å². The topological polar surface area (TPSA) is 50.6 Å². The molecule has 2 aromatic carbocycles. The summed E-state index contributed by atoms with van der Waals surface area (Å²) in [6.45, 7) is 14.2. The minimum Gasteiger partial charge on any atom is -0.491 e. The van der Waals surface area contributed by atoms with E-state index in [9.17, 15) is 9.18 Å². The highest BCUT2D eigenvalue weighted by molar-refractivity contribution is 5.99. The average Bonchev–Trinajstić information content (AvgIpc) is 3.35. The molecule has 37 heavy (non-hydrogen) atoms. The lowest BCUT2D eigenvalue weighted by Crippen LogP contribution is -2.55. The Morgan fingerprint density at radius 3 is 2.59 bits per heavy atom. The number of carbonyl (C=O) groups is 1. The summed E-state index contributed by atoms with van der Waals surface area (Å²) in [5, 5.41) is 0. The molecule has 1 aromatic heterocycles. The second kappa shape index (κ2) is 9.28. The van der Waals surface area contributed by atoms with Crippen molar-refractivity contribution in [3.63, 3.8) is 0 Å². The molecule has 1 spiro atoms. The number of rotatable bonds is 5. The molecule has 0 saturated carbocycles. The number of likely N-dealkylation sites (tertiary alicyclic amines) is 1. The van der Waals surface area contributed by atoms with Crippen molar-refractivity contribution in [2.24, 2.45) is 0 Å². The SMILES string of the molecule is CC(C)Oc1cccc(CN2CCC3(CC2C)c2nc(C(C)(C)C)cn2C(=O)N3c2cccc(F)c2)c1. The minimum atomic E-state index is -0.632. The second-order valence-electron chi connectivity index (χ2n) is 11.8. The number of anilines is 1. The number of ether oxygens (including phenoxy) is 1. The molecule has 2 aliphatic rings. The molecule has 196 valence electrons. The van der Waals surface area contributed by atoms with Crippen molar-refractivity contribution in [2.45, 2.75) is 84.0 Å². The average molecular weight is 505 g/mol. The van der Waals surface area contributed by atoms with Crippen molar-refractivity contribution in [2.75, 3.05) is 11.4 Å². The van der Waals surface area contributed by atoms with E-state index in [1.165, 1.54) is 17.7 Å². The van der Waals surface area contributed by atoms with Gasteiger partial charge in [0.1, 0.15) is 22.9 Å². The van der Waals surface area contributed by atoms with Gasteiger partial charge in [-0.2, -0.15) is 0 Å². The normalized spacial score (nSPS) is 22.2. The third-order valence-corrected chi connectivity index (χ3v) is 7.51. The summed E-state index contributed by atoms with van der Waals surface area (Å²) in [6, 6.07) is 14.6. The first-order chi connectivity index (χ1) is 17.5. The Morgan fingerprint density at radius 2 is 1.92 bits per heavy atom. The number of imidazole rings is 1. The largest absolute Gasteiger partial charge is 0.491 e. The maximum atomic E-state index is 14.3. The predicted octanol–water partition coefficient (Wildman–Crippen LogP) is 6.48. The molecule has 3 aromatic rings. The molecule has 2 atom stereocenters. The molecule has 1 fully saturated rings. The lowest BCUT2D eigenvalue weighted by Gasteiger charge is -2.47. The standard InChI is InChI=1S/C30H37FN4O2/c1-20(2)37-25-12-7-9-22(15-25)18-33-14-13-30(17-21(33)3)27-32-26(29(4,5)6)19-34(27)28(36)35(30)24-11-8-10-23(31)16-24/h7-12,15-16,19-21H,13-14,17-18H2,1-6H3. The number of fused-ring (bicyclic) bond motifs is 2. The van der Waals surface area contributed by atoms with Gasteiger partial charge in [-0.05, 0) is 69.5 Å². The molecule has 0 N–H and O–H groups in total. The zero-order valence-corrected chi connectivity index (χ0v) is 22.7. The van der Waals surface area contributed by atoms with Gasteiger partial charge in [0.15, 0.2) is 0 Å². The van der Waals surface area contributed by atoms with Crippen LogP contribution < -0.4 is 9.64 Å². The van der Waals surface area contributed by atoms with Crippen LogP contribution in [-0.2, 0) is 17.5 Å². The Morgan fingerprint density at radius 1 is 1.16 bits per heavy atom. The molecule has 2 aliphatic heterocycles. The van der Waals surface area contributed by atoms with Crippen LogP contribution in [0.3, 0.4) is 0 Å². The van der Waals surface area contributed by atoms with Crippen molar-refractivity contribution in [3.05, 3.63) is 77.6 Å². The zero-order chi connectivity index (χ0) is 26.5. The number of carbonyl (C=O) groups excluding carboxylic acids is 1. The van der Waals surface area contributed by atoms with Crippen LogP contribution in [-0.4, -0.2) is 39.2 Å². The van der Waals surface area contributed by atoms with Gasteiger partial charge in [-0.3, -0.25) is 14.4 Å². The molecule has 6 nitrogen and oxygen atoms in total. The van der Waals surface area contributed by atoms with E-state index in [0.29, 0.717) is 18.5 Å². The summed E-state index contributed by atoms with van der Waals surface area (Å²) in [6.07, 6.45) is 3.41. The van der Waals surface area contributed by atoms with Crippen molar-refractivity contribution in [1.82, 2.24) is 14.5 Å². The summed E-state index contributed by atoms with van der Waals surface area (Å²) in [4.78, 5) is 23.1. The lowest BCUT2D eigenvalue weighted by atomic mass is 9.81. The molecule has 3 heterocycles. The maximum Gasteiger partial charge on any atom is 0.335 e. The molecular weight excluding hydrogens is 467 g/mol. The molecule has 0 radical (unpaired) electrons. The van der Waals surface area contributed by atoms with Crippen molar-refractivity contribution in [1.29, 1.82) is 0 Å². The van der Waals surface area contributed by atoms with Crippen molar-refractivity contribution < 1.29 is 13.9 Å². The van der Waals surface area contributed by atoms with Crippen molar-refractivity contribution >= 4 is 11.7 Å². The van der Waals surface area contributed by atoms with Crippen LogP contribution in [0.25, 0.3) is 0 Å². The van der Waals surface area contributed by atoms with Gasteiger partial charge in [0, 0.05) is 36.4 Å². The van der Waals surface area contributed by atoms with Crippen LogP contribution in [0.4, 0.5) is 14.9 Å². The predicted molar refractivity (Wildman–Crippen MR) is 144 cm³/mol. The Hall–Kier alpha value is -3.19.